The predicted octanol–water partition coefficient (Wildman–Crippen LogP) is 3.39. The Morgan fingerprint density at radius 3 is 2.80 bits per heavy atom. The zero-order valence-electron chi connectivity index (χ0n) is 9.92. The smallest absolute Gasteiger partial charge is 0.142 e. The number of fused-ring (bicyclic) bond motifs is 1. The summed E-state index contributed by atoms with van der Waals surface area (Å²) >= 11 is 0. The van der Waals surface area contributed by atoms with Gasteiger partial charge < -0.3 is 10.1 Å². The Bertz CT molecular complexity index is 375. The Morgan fingerprint density at radius 2 is 2.20 bits per heavy atom. The van der Waals surface area contributed by atoms with Crippen LogP contribution in [0.1, 0.15) is 38.7 Å². The summed E-state index contributed by atoms with van der Waals surface area (Å²) < 4.78 is 5.38. The molecule has 0 amide bonds. The van der Waals surface area contributed by atoms with E-state index >= 15 is 0 Å². The van der Waals surface area contributed by atoms with Gasteiger partial charge in [-0.15, -0.1) is 0 Å². The van der Waals surface area contributed by atoms with Crippen molar-refractivity contribution in [3.8, 4) is 5.75 Å². The van der Waals surface area contributed by atoms with Gasteiger partial charge in [0.2, 0.25) is 0 Å². The second-order valence-electron chi connectivity index (χ2n) is 4.54. The lowest BCUT2D eigenvalue weighted by molar-refractivity contribution is 0.414. The highest BCUT2D eigenvalue weighted by Gasteiger charge is 2.39. The van der Waals surface area contributed by atoms with Crippen molar-refractivity contribution in [3.05, 3.63) is 23.8 Å². The predicted molar refractivity (Wildman–Crippen MR) is 63.7 cm³/mol. The second kappa shape index (κ2) is 3.44. The average molecular weight is 205 g/mol. The van der Waals surface area contributed by atoms with Crippen molar-refractivity contribution in [2.75, 3.05) is 12.4 Å². The number of rotatable bonds is 2. The third kappa shape index (κ3) is 1.39. The van der Waals surface area contributed by atoms with E-state index in [1.165, 1.54) is 11.3 Å². The molecule has 2 atom stereocenters. The van der Waals surface area contributed by atoms with E-state index in [9.17, 15) is 0 Å². The molecule has 0 saturated heterocycles. The summed E-state index contributed by atoms with van der Waals surface area (Å²) in [4.78, 5) is 0. The van der Waals surface area contributed by atoms with Gasteiger partial charge in [-0.05, 0) is 25.0 Å². The molecule has 0 saturated carbocycles. The summed E-state index contributed by atoms with van der Waals surface area (Å²) in [6, 6.07) is 6.27. The number of methoxy groups -OCH3 is 1. The molecule has 1 aromatic rings. The number of benzene rings is 1. The first kappa shape index (κ1) is 10.3. The fourth-order valence-electron chi connectivity index (χ4n) is 2.34. The van der Waals surface area contributed by atoms with Gasteiger partial charge in [0.25, 0.3) is 0 Å². The van der Waals surface area contributed by atoms with Crippen molar-refractivity contribution in [1.29, 1.82) is 0 Å². The molecule has 0 spiro atoms. The van der Waals surface area contributed by atoms with Gasteiger partial charge in [0.05, 0.1) is 12.8 Å². The fraction of sp³-hybridized carbons (Fsp3) is 0.538. The molecular weight excluding hydrogens is 186 g/mol. The Hall–Kier alpha value is -1.18. The van der Waals surface area contributed by atoms with Gasteiger partial charge in [0, 0.05) is 11.5 Å². The number of para-hydroxylation sites is 1. The van der Waals surface area contributed by atoms with Crippen molar-refractivity contribution >= 4 is 5.69 Å². The van der Waals surface area contributed by atoms with Gasteiger partial charge in [0.15, 0.2) is 0 Å². The average Bonchev–Trinajstić information content (AvgIpc) is 2.53. The van der Waals surface area contributed by atoms with Crippen molar-refractivity contribution in [2.24, 2.45) is 0 Å². The quantitative estimate of drug-likeness (QED) is 0.799. The van der Waals surface area contributed by atoms with Crippen LogP contribution in [-0.2, 0) is 0 Å². The van der Waals surface area contributed by atoms with Gasteiger partial charge in [-0.3, -0.25) is 0 Å². The third-order valence-electron chi connectivity index (χ3n) is 3.85. The number of nitrogens with one attached hydrogen (secondary N) is 1. The molecule has 1 aliphatic heterocycles. The van der Waals surface area contributed by atoms with Crippen LogP contribution in [0.2, 0.25) is 0 Å². The van der Waals surface area contributed by atoms with Crippen LogP contribution in [0.4, 0.5) is 5.69 Å². The molecule has 0 aliphatic carbocycles. The fourth-order valence-corrected chi connectivity index (χ4v) is 2.34. The van der Waals surface area contributed by atoms with E-state index in [4.69, 9.17) is 4.74 Å². The van der Waals surface area contributed by atoms with Crippen molar-refractivity contribution in [3.63, 3.8) is 0 Å². The van der Waals surface area contributed by atoms with Crippen LogP contribution >= 0.6 is 0 Å². The number of ether oxygens (including phenoxy) is 1. The van der Waals surface area contributed by atoms with Crippen LogP contribution < -0.4 is 10.1 Å². The molecule has 15 heavy (non-hydrogen) atoms. The zero-order chi connectivity index (χ0) is 11.1. The molecule has 0 aromatic heterocycles. The lowest BCUT2D eigenvalue weighted by Crippen LogP contribution is -2.33. The van der Waals surface area contributed by atoms with E-state index < -0.39 is 0 Å². The highest BCUT2D eigenvalue weighted by atomic mass is 16.5. The summed E-state index contributed by atoms with van der Waals surface area (Å²) in [5.74, 6) is 1.49. The molecule has 82 valence electrons. The molecule has 0 fully saturated rings. The van der Waals surface area contributed by atoms with Crippen molar-refractivity contribution < 1.29 is 4.74 Å². The Labute approximate surface area is 91.6 Å². The standard InChI is InChI=1S/C13H19NO/c1-5-13(3)9(2)10-7-6-8-11(15-4)12(10)14-13/h6-9,14H,5H2,1-4H3. The summed E-state index contributed by atoms with van der Waals surface area (Å²) in [5, 5.41) is 3.60. The highest BCUT2D eigenvalue weighted by molar-refractivity contribution is 5.69. The normalized spacial score (nSPS) is 28.4. The van der Waals surface area contributed by atoms with Gasteiger partial charge in [-0.1, -0.05) is 26.0 Å². The Kier molecular flexibility index (Phi) is 2.37. The molecule has 1 heterocycles. The SMILES string of the molecule is CCC1(C)Nc2c(OC)cccc2C1C. The number of hydrogen-bond donors (Lipinski definition) is 1. The Balaban J connectivity index is 2.49. The zero-order valence-corrected chi connectivity index (χ0v) is 9.92. The maximum absolute atomic E-state index is 5.38. The van der Waals surface area contributed by atoms with Crippen LogP contribution in [-0.4, -0.2) is 12.6 Å². The van der Waals surface area contributed by atoms with Gasteiger partial charge in [-0.2, -0.15) is 0 Å². The first-order valence-corrected chi connectivity index (χ1v) is 5.57. The first-order chi connectivity index (χ1) is 7.12. The van der Waals surface area contributed by atoms with E-state index in [0.717, 1.165) is 12.2 Å². The molecule has 2 unspecified atom stereocenters. The minimum atomic E-state index is 0.164. The second-order valence-corrected chi connectivity index (χ2v) is 4.54. The first-order valence-electron chi connectivity index (χ1n) is 5.57. The molecule has 0 radical (unpaired) electrons. The van der Waals surface area contributed by atoms with Crippen LogP contribution in [0, 0.1) is 0 Å². The maximum atomic E-state index is 5.38. The van der Waals surface area contributed by atoms with E-state index in [0.29, 0.717) is 5.92 Å². The Morgan fingerprint density at radius 1 is 1.47 bits per heavy atom. The number of hydrogen-bond acceptors (Lipinski definition) is 2. The van der Waals surface area contributed by atoms with Crippen molar-refractivity contribution in [1.82, 2.24) is 0 Å². The van der Waals surface area contributed by atoms with E-state index in [-0.39, 0.29) is 5.54 Å². The van der Waals surface area contributed by atoms with Crippen LogP contribution in [0.5, 0.6) is 5.75 Å². The van der Waals surface area contributed by atoms with E-state index in [1.54, 1.807) is 7.11 Å². The molecule has 1 aliphatic rings. The lowest BCUT2D eigenvalue weighted by Gasteiger charge is -2.28. The maximum Gasteiger partial charge on any atom is 0.142 e. The molecule has 2 nitrogen and oxygen atoms in total. The molecule has 1 N–H and O–H groups in total. The van der Waals surface area contributed by atoms with Gasteiger partial charge in [0.1, 0.15) is 5.75 Å². The monoisotopic (exact) mass is 205 g/mol. The van der Waals surface area contributed by atoms with Gasteiger partial charge in [-0.25, -0.2) is 0 Å². The van der Waals surface area contributed by atoms with Crippen LogP contribution in [0.3, 0.4) is 0 Å². The molecule has 2 rings (SSSR count). The lowest BCUT2D eigenvalue weighted by atomic mass is 9.84. The molecule has 2 heteroatoms. The van der Waals surface area contributed by atoms with E-state index in [2.05, 4.69) is 38.2 Å². The summed E-state index contributed by atoms with van der Waals surface area (Å²) in [6.45, 7) is 6.78. The van der Waals surface area contributed by atoms with E-state index in [1.807, 2.05) is 6.07 Å². The highest BCUT2D eigenvalue weighted by Crippen LogP contribution is 2.47. The largest absolute Gasteiger partial charge is 0.495 e. The third-order valence-corrected chi connectivity index (χ3v) is 3.85. The molecule has 0 bridgehead atoms. The van der Waals surface area contributed by atoms with Crippen LogP contribution in [0.25, 0.3) is 0 Å². The minimum Gasteiger partial charge on any atom is -0.495 e. The number of anilines is 1. The molecular formula is C13H19NO. The minimum absolute atomic E-state index is 0.164. The summed E-state index contributed by atoms with van der Waals surface area (Å²) in [5.41, 5.74) is 2.72. The van der Waals surface area contributed by atoms with Crippen LogP contribution in [0.15, 0.2) is 18.2 Å². The van der Waals surface area contributed by atoms with Crippen molar-refractivity contribution in [2.45, 2.75) is 38.6 Å². The molecule has 1 aromatic carbocycles. The summed E-state index contributed by atoms with van der Waals surface area (Å²) in [7, 11) is 1.73. The topological polar surface area (TPSA) is 21.3 Å². The van der Waals surface area contributed by atoms with Gasteiger partial charge >= 0.3 is 0 Å². The summed E-state index contributed by atoms with van der Waals surface area (Å²) in [6.07, 6.45) is 1.12.